The number of rotatable bonds is 4. The van der Waals surface area contributed by atoms with Gasteiger partial charge in [-0.05, 0) is 5.21 Å². The van der Waals surface area contributed by atoms with Gasteiger partial charge in [-0.3, -0.25) is 0 Å². The van der Waals surface area contributed by atoms with E-state index in [1.54, 1.807) is 7.05 Å². The number of ether oxygens (including phenoxy) is 3. The van der Waals surface area contributed by atoms with E-state index < -0.39 is 5.97 Å². The lowest BCUT2D eigenvalue weighted by Gasteiger charge is -2.08. The van der Waals surface area contributed by atoms with Gasteiger partial charge < -0.3 is 19.3 Å². The van der Waals surface area contributed by atoms with Crippen molar-refractivity contribution in [2.24, 2.45) is 7.05 Å². The van der Waals surface area contributed by atoms with Gasteiger partial charge in [0.25, 0.3) is 0 Å². The number of carboxylic acid groups (broad SMARTS) is 1. The normalized spacial score (nSPS) is 12.4. The highest BCUT2D eigenvalue weighted by Gasteiger charge is 2.21. The van der Waals surface area contributed by atoms with E-state index in [2.05, 4.69) is 15.4 Å². The first kappa shape index (κ1) is 12.2. The number of benzene rings is 1. The molecule has 1 aromatic carbocycles. The van der Waals surface area contributed by atoms with Gasteiger partial charge in [0.15, 0.2) is 18.1 Å². The minimum Gasteiger partial charge on any atom is -0.484 e. The van der Waals surface area contributed by atoms with Crippen LogP contribution in [0.15, 0.2) is 12.1 Å². The molecule has 9 nitrogen and oxygen atoms in total. The van der Waals surface area contributed by atoms with Crippen LogP contribution in [0.4, 0.5) is 0 Å². The number of carboxylic acids is 1. The predicted octanol–water partition coefficient (Wildman–Crippen LogP) is 0.216. The maximum atomic E-state index is 11.2. The van der Waals surface area contributed by atoms with E-state index >= 15 is 0 Å². The summed E-state index contributed by atoms with van der Waals surface area (Å²) in [4.78, 5) is 12.5. The van der Waals surface area contributed by atoms with Crippen LogP contribution in [0.5, 0.6) is 17.2 Å². The molecule has 1 aliphatic rings. The zero-order valence-corrected chi connectivity index (χ0v) is 10.4. The molecule has 1 aromatic heterocycles. The lowest BCUT2D eigenvalue weighted by molar-refractivity contribution is 0.0691. The van der Waals surface area contributed by atoms with Crippen LogP contribution >= 0.6 is 0 Å². The second kappa shape index (κ2) is 4.68. The third-order valence-electron chi connectivity index (χ3n) is 2.61. The van der Waals surface area contributed by atoms with Crippen molar-refractivity contribution < 1.29 is 24.1 Å². The summed E-state index contributed by atoms with van der Waals surface area (Å²) in [5.41, 5.74) is -0.0156. The van der Waals surface area contributed by atoms with Crippen LogP contribution < -0.4 is 14.2 Å². The van der Waals surface area contributed by atoms with Crippen LogP contribution in [0, 0.1) is 0 Å². The van der Waals surface area contributed by atoms with Crippen molar-refractivity contribution in [1.29, 1.82) is 0 Å². The van der Waals surface area contributed by atoms with Crippen molar-refractivity contribution in [3.05, 3.63) is 23.5 Å². The van der Waals surface area contributed by atoms with Crippen molar-refractivity contribution in [2.45, 2.75) is 6.61 Å². The first-order valence-corrected chi connectivity index (χ1v) is 5.66. The smallest absolute Gasteiger partial charge is 0.339 e. The third kappa shape index (κ3) is 2.20. The number of tetrazole rings is 1. The molecule has 0 atom stereocenters. The Balaban J connectivity index is 1.86. The standard InChI is InChI=1S/C11H10N4O5/c1-15-13-10(12-14-15)4-18-7-3-9-8(19-5-20-9)2-6(7)11(16)17/h2-3H,4-5H2,1H3,(H,16,17). The van der Waals surface area contributed by atoms with Gasteiger partial charge >= 0.3 is 5.97 Å². The minimum absolute atomic E-state index is 0.00770. The third-order valence-corrected chi connectivity index (χ3v) is 2.61. The lowest BCUT2D eigenvalue weighted by atomic mass is 10.2. The zero-order valence-electron chi connectivity index (χ0n) is 10.4. The van der Waals surface area contributed by atoms with Gasteiger partial charge in [0.1, 0.15) is 11.3 Å². The van der Waals surface area contributed by atoms with E-state index in [0.717, 1.165) is 0 Å². The fourth-order valence-corrected chi connectivity index (χ4v) is 1.73. The van der Waals surface area contributed by atoms with Gasteiger partial charge in [0.05, 0.1) is 7.05 Å². The predicted molar refractivity (Wildman–Crippen MR) is 62.7 cm³/mol. The second-order valence-corrected chi connectivity index (χ2v) is 3.99. The van der Waals surface area contributed by atoms with Gasteiger partial charge in [-0.15, -0.1) is 10.2 Å². The topological polar surface area (TPSA) is 109 Å². The summed E-state index contributed by atoms with van der Waals surface area (Å²) in [5, 5.41) is 20.5. The molecule has 2 heterocycles. The lowest BCUT2D eigenvalue weighted by Crippen LogP contribution is -2.05. The Morgan fingerprint density at radius 1 is 1.45 bits per heavy atom. The van der Waals surface area contributed by atoms with E-state index in [9.17, 15) is 9.90 Å². The van der Waals surface area contributed by atoms with E-state index in [1.807, 2.05) is 0 Å². The van der Waals surface area contributed by atoms with Crippen LogP contribution in [-0.2, 0) is 13.7 Å². The number of nitrogens with zero attached hydrogens (tertiary/aromatic N) is 4. The highest BCUT2D eigenvalue weighted by molar-refractivity contribution is 5.92. The summed E-state index contributed by atoms with van der Waals surface area (Å²) < 4.78 is 15.7. The maximum Gasteiger partial charge on any atom is 0.339 e. The molecule has 0 fully saturated rings. The molecule has 9 heteroatoms. The zero-order chi connectivity index (χ0) is 14.1. The van der Waals surface area contributed by atoms with Crippen LogP contribution in [0.3, 0.4) is 0 Å². The largest absolute Gasteiger partial charge is 0.484 e. The molecule has 3 rings (SSSR count). The van der Waals surface area contributed by atoms with E-state index in [-0.39, 0.29) is 24.7 Å². The van der Waals surface area contributed by atoms with Crippen molar-refractivity contribution in [3.8, 4) is 17.2 Å². The molecule has 2 aromatic rings. The van der Waals surface area contributed by atoms with Gasteiger partial charge in [0.2, 0.25) is 12.6 Å². The van der Waals surface area contributed by atoms with E-state index in [1.165, 1.54) is 16.9 Å². The number of aromatic carboxylic acids is 1. The summed E-state index contributed by atoms with van der Waals surface area (Å²) in [7, 11) is 1.62. The number of carbonyl (C=O) groups is 1. The average molecular weight is 278 g/mol. The number of hydrogen-bond acceptors (Lipinski definition) is 7. The van der Waals surface area contributed by atoms with Gasteiger partial charge in [-0.1, -0.05) is 0 Å². The minimum atomic E-state index is -1.12. The Morgan fingerprint density at radius 3 is 2.85 bits per heavy atom. The molecule has 0 saturated heterocycles. The molecule has 104 valence electrons. The molecule has 0 spiro atoms. The summed E-state index contributed by atoms with van der Waals surface area (Å²) in [6, 6.07) is 2.84. The molecular formula is C11H10N4O5. The number of hydrogen-bond donors (Lipinski definition) is 1. The molecule has 0 amide bonds. The fourth-order valence-electron chi connectivity index (χ4n) is 1.73. The quantitative estimate of drug-likeness (QED) is 0.845. The van der Waals surface area contributed by atoms with Gasteiger partial charge in [-0.25, -0.2) is 4.79 Å². The van der Waals surface area contributed by atoms with Crippen molar-refractivity contribution >= 4 is 5.97 Å². The van der Waals surface area contributed by atoms with Gasteiger partial charge in [-0.2, -0.15) is 4.80 Å². The van der Waals surface area contributed by atoms with Crippen molar-refractivity contribution in [2.75, 3.05) is 6.79 Å². The first-order chi connectivity index (χ1) is 9.63. The maximum absolute atomic E-state index is 11.2. The number of aromatic nitrogens is 4. The first-order valence-electron chi connectivity index (χ1n) is 5.66. The molecule has 0 bridgehead atoms. The Kier molecular flexibility index (Phi) is 2.86. The molecule has 20 heavy (non-hydrogen) atoms. The van der Waals surface area contributed by atoms with Crippen LogP contribution in [0.2, 0.25) is 0 Å². The molecule has 0 saturated carbocycles. The van der Waals surface area contributed by atoms with Crippen molar-refractivity contribution in [1.82, 2.24) is 20.2 Å². The summed E-state index contributed by atoms with van der Waals surface area (Å²) in [6.07, 6.45) is 0. The Morgan fingerprint density at radius 2 is 2.20 bits per heavy atom. The molecule has 1 N–H and O–H groups in total. The highest BCUT2D eigenvalue weighted by Crippen LogP contribution is 2.38. The Labute approximate surface area is 112 Å². The summed E-state index contributed by atoms with van der Waals surface area (Å²) in [5.74, 6) is 0.214. The van der Waals surface area contributed by atoms with Gasteiger partial charge in [0, 0.05) is 12.1 Å². The second-order valence-electron chi connectivity index (χ2n) is 3.99. The molecule has 0 aliphatic carbocycles. The average Bonchev–Trinajstić information content (AvgIpc) is 3.03. The van der Waals surface area contributed by atoms with Crippen LogP contribution in [-0.4, -0.2) is 38.1 Å². The van der Waals surface area contributed by atoms with E-state index in [4.69, 9.17) is 14.2 Å². The molecule has 0 radical (unpaired) electrons. The Bertz CT molecular complexity index is 669. The monoisotopic (exact) mass is 278 g/mol. The van der Waals surface area contributed by atoms with Crippen molar-refractivity contribution in [3.63, 3.8) is 0 Å². The SMILES string of the molecule is Cn1nnc(COc2cc3c(cc2C(=O)O)OCO3)n1. The number of fused-ring (bicyclic) bond motifs is 1. The summed E-state index contributed by atoms with van der Waals surface area (Å²) in [6.45, 7) is 0.0668. The molecule has 0 unspecified atom stereocenters. The van der Waals surface area contributed by atoms with E-state index in [0.29, 0.717) is 17.3 Å². The van der Waals surface area contributed by atoms with Crippen LogP contribution in [0.1, 0.15) is 16.2 Å². The fraction of sp³-hybridized carbons (Fsp3) is 0.273. The number of aryl methyl sites for hydroxylation is 1. The molecular weight excluding hydrogens is 268 g/mol. The summed E-state index contributed by atoms with van der Waals surface area (Å²) >= 11 is 0. The van der Waals surface area contributed by atoms with Crippen LogP contribution in [0.25, 0.3) is 0 Å². The highest BCUT2D eigenvalue weighted by atomic mass is 16.7. The Hall–Kier alpha value is -2.84. The molecule has 1 aliphatic heterocycles.